The fourth-order valence-corrected chi connectivity index (χ4v) is 1.83. The second-order valence-electron chi connectivity index (χ2n) is 3.43. The van der Waals surface area contributed by atoms with E-state index in [9.17, 15) is 14.9 Å². The Bertz CT molecular complexity index is 657. The SMILES string of the molecule is COc1ccc2nc(Cl)c(C=O)cc2c1[N+](=O)[O-]. The van der Waals surface area contributed by atoms with Gasteiger partial charge in [-0.2, -0.15) is 0 Å². The smallest absolute Gasteiger partial charge is 0.320 e. The van der Waals surface area contributed by atoms with Gasteiger partial charge in [0, 0.05) is 0 Å². The molecule has 0 spiro atoms. The summed E-state index contributed by atoms with van der Waals surface area (Å²) in [4.78, 5) is 25.2. The van der Waals surface area contributed by atoms with Crippen molar-refractivity contribution < 1.29 is 14.5 Å². The highest BCUT2D eigenvalue weighted by atomic mass is 35.5. The molecule has 7 heteroatoms. The van der Waals surface area contributed by atoms with Gasteiger partial charge >= 0.3 is 5.69 Å². The zero-order valence-corrected chi connectivity index (χ0v) is 9.97. The van der Waals surface area contributed by atoms with Gasteiger partial charge in [-0.25, -0.2) is 4.98 Å². The van der Waals surface area contributed by atoms with Gasteiger partial charge in [0.2, 0.25) is 0 Å². The first kappa shape index (κ1) is 12.3. The number of rotatable bonds is 3. The normalized spacial score (nSPS) is 10.3. The number of nitro benzene ring substituents is 1. The Morgan fingerprint density at radius 1 is 1.50 bits per heavy atom. The molecule has 0 aliphatic carbocycles. The molecule has 0 saturated heterocycles. The summed E-state index contributed by atoms with van der Waals surface area (Å²) in [6.45, 7) is 0. The van der Waals surface area contributed by atoms with Crippen LogP contribution in [0.15, 0.2) is 18.2 Å². The molecule has 92 valence electrons. The van der Waals surface area contributed by atoms with E-state index in [4.69, 9.17) is 16.3 Å². The fourth-order valence-electron chi connectivity index (χ4n) is 1.64. The summed E-state index contributed by atoms with van der Waals surface area (Å²) in [5, 5.41) is 11.3. The van der Waals surface area contributed by atoms with Crippen LogP contribution in [0.25, 0.3) is 10.9 Å². The second kappa shape index (κ2) is 4.58. The lowest BCUT2D eigenvalue weighted by atomic mass is 10.1. The molecule has 0 unspecified atom stereocenters. The largest absolute Gasteiger partial charge is 0.490 e. The molecule has 0 amide bonds. The topological polar surface area (TPSA) is 82.3 Å². The summed E-state index contributed by atoms with van der Waals surface area (Å²) in [7, 11) is 1.33. The molecular formula is C11H7ClN2O4. The van der Waals surface area contributed by atoms with Crippen LogP contribution in [0.3, 0.4) is 0 Å². The molecule has 0 atom stereocenters. The number of benzene rings is 1. The molecule has 0 bridgehead atoms. The number of aromatic nitrogens is 1. The number of carbonyl (C=O) groups is 1. The molecule has 1 aromatic carbocycles. The summed E-state index contributed by atoms with van der Waals surface area (Å²) < 4.78 is 4.93. The lowest BCUT2D eigenvalue weighted by molar-refractivity contribution is -0.383. The van der Waals surface area contributed by atoms with E-state index in [0.29, 0.717) is 11.8 Å². The molecule has 1 heterocycles. The highest BCUT2D eigenvalue weighted by Crippen LogP contribution is 2.35. The van der Waals surface area contributed by atoms with Crippen LogP contribution in [0, 0.1) is 10.1 Å². The average molecular weight is 267 g/mol. The number of pyridine rings is 1. The number of ether oxygens (including phenoxy) is 1. The number of carbonyl (C=O) groups excluding carboxylic acids is 1. The van der Waals surface area contributed by atoms with Crippen LogP contribution < -0.4 is 4.74 Å². The lowest BCUT2D eigenvalue weighted by Crippen LogP contribution is -1.97. The zero-order chi connectivity index (χ0) is 13.3. The highest BCUT2D eigenvalue weighted by Gasteiger charge is 2.21. The molecule has 2 aromatic rings. The molecule has 0 saturated carbocycles. The van der Waals surface area contributed by atoms with Crippen molar-refractivity contribution in [3.8, 4) is 5.75 Å². The zero-order valence-electron chi connectivity index (χ0n) is 9.21. The Labute approximate surface area is 106 Å². The van der Waals surface area contributed by atoms with Crippen LogP contribution in [0.1, 0.15) is 10.4 Å². The maximum Gasteiger partial charge on any atom is 0.320 e. The van der Waals surface area contributed by atoms with Gasteiger partial charge in [-0.15, -0.1) is 0 Å². The van der Waals surface area contributed by atoms with Gasteiger partial charge < -0.3 is 4.74 Å². The standard InChI is InChI=1S/C11H7ClN2O4/c1-18-9-3-2-8-7(10(9)14(16)17)4-6(5-15)11(12)13-8/h2-5H,1H3. The predicted molar refractivity (Wildman–Crippen MR) is 65.3 cm³/mol. The van der Waals surface area contributed by atoms with E-state index in [-0.39, 0.29) is 27.5 Å². The van der Waals surface area contributed by atoms with Crippen LogP contribution in [0.5, 0.6) is 5.75 Å². The summed E-state index contributed by atoms with van der Waals surface area (Å²) in [5.41, 5.74) is 0.195. The third-order valence-electron chi connectivity index (χ3n) is 2.44. The van der Waals surface area contributed by atoms with Crippen LogP contribution in [-0.4, -0.2) is 23.3 Å². The van der Waals surface area contributed by atoms with E-state index in [2.05, 4.69) is 4.98 Å². The van der Waals surface area contributed by atoms with Crippen molar-refractivity contribution in [1.29, 1.82) is 0 Å². The van der Waals surface area contributed by atoms with Crippen molar-refractivity contribution in [2.45, 2.75) is 0 Å². The highest BCUT2D eigenvalue weighted by molar-refractivity contribution is 6.32. The van der Waals surface area contributed by atoms with Gasteiger partial charge in [0.05, 0.1) is 28.5 Å². The van der Waals surface area contributed by atoms with E-state index >= 15 is 0 Å². The number of aldehydes is 1. The second-order valence-corrected chi connectivity index (χ2v) is 3.78. The quantitative estimate of drug-likeness (QED) is 0.369. The summed E-state index contributed by atoms with van der Waals surface area (Å²) in [6, 6.07) is 4.31. The van der Waals surface area contributed by atoms with E-state index in [1.165, 1.54) is 19.2 Å². The molecule has 0 fully saturated rings. The van der Waals surface area contributed by atoms with Crippen molar-refractivity contribution in [1.82, 2.24) is 4.98 Å². The fraction of sp³-hybridized carbons (Fsp3) is 0.0909. The summed E-state index contributed by atoms with van der Waals surface area (Å²) >= 11 is 5.77. The van der Waals surface area contributed by atoms with Crippen molar-refractivity contribution in [2.75, 3.05) is 7.11 Å². The van der Waals surface area contributed by atoms with Gasteiger partial charge in [-0.1, -0.05) is 11.6 Å². The minimum Gasteiger partial charge on any atom is -0.490 e. The van der Waals surface area contributed by atoms with Crippen LogP contribution in [-0.2, 0) is 0 Å². The molecular weight excluding hydrogens is 260 g/mol. The Hall–Kier alpha value is -2.21. The van der Waals surface area contributed by atoms with Crippen molar-refractivity contribution in [3.63, 3.8) is 0 Å². The molecule has 0 radical (unpaired) electrons. The maximum absolute atomic E-state index is 11.1. The van der Waals surface area contributed by atoms with Crippen molar-refractivity contribution in [2.24, 2.45) is 0 Å². The molecule has 0 aliphatic heterocycles. The first-order chi connectivity index (χ1) is 8.58. The number of hydrogen-bond donors (Lipinski definition) is 0. The maximum atomic E-state index is 11.1. The van der Waals surface area contributed by atoms with E-state index in [1.54, 1.807) is 6.07 Å². The molecule has 0 aliphatic rings. The van der Waals surface area contributed by atoms with Crippen LogP contribution in [0.2, 0.25) is 5.15 Å². The summed E-state index contributed by atoms with van der Waals surface area (Å²) in [5.74, 6) is 0.105. The average Bonchev–Trinajstić information content (AvgIpc) is 2.36. The molecule has 0 N–H and O–H groups in total. The van der Waals surface area contributed by atoms with E-state index in [1.807, 2.05) is 0 Å². The monoisotopic (exact) mass is 266 g/mol. The Kier molecular flexibility index (Phi) is 3.12. The van der Waals surface area contributed by atoms with Crippen LogP contribution in [0.4, 0.5) is 5.69 Å². The van der Waals surface area contributed by atoms with E-state index < -0.39 is 4.92 Å². The Morgan fingerprint density at radius 2 is 2.22 bits per heavy atom. The first-order valence-electron chi connectivity index (χ1n) is 4.85. The van der Waals surface area contributed by atoms with Gasteiger partial charge in [0.25, 0.3) is 0 Å². The number of methoxy groups -OCH3 is 1. The predicted octanol–water partition coefficient (Wildman–Crippen LogP) is 2.62. The summed E-state index contributed by atoms with van der Waals surface area (Å²) in [6.07, 6.45) is 0.498. The van der Waals surface area contributed by atoms with Gasteiger partial charge in [-0.05, 0) is 18.2 Å². The third kappa shape index (κ3) is 1.86. The molecule has 18 heavy (non-hydrogen) atoms. The number of hydrogen-bond acceptors (Lipinski definition) is 5. The lowest BCUT2D eigenvalue weighted by Gasteiger charge is -2.05. The van der Waals surface area contributed by atoms with Gasteiger partial charge in [0.1, 0.15) is 5.15 Å². The number of halogens is 1. The molecule has 2 rings (SSSR count). The minimum atomic E-state index is -0.578. The van der Waals surface area contributed by atoms with Crippen molar-refractivity contribution >= 4 is 34.5 Å². The van der Waals surface area contributed by atoms with Gasteiger partial charge in [0.15, 0.2) is 12.0 Å². The first-order valence-corrected chi connectivity index (χ1v) is 5.23. The Morgan fingerprint density at radius 3 is 2.78 bits per heavy atom. The van der Waals surface area contributed by atoms with Crippen LogP contribution >= 0.6 is 11.6 Å². The third-order valence-corrected chi connectivity index (χ3v) is 2.75. The molecule has 6 nitrogen and oxygen atoms in total. The Balaban J connectivity index is 2.90. The number of nitrogens with zero attached hydrogens (tertiary/aromatic N) is 2. The van der Waals surface area contributed by atoms with Gasteiger partial charge in [-0.3, -0.25) is 14.9 Å². The van der Waals surface area contributed by atoms with Crippen molar-refractivity contribution in [3.05, 3.63) is 39.0 Å². The number of fused-ring (bicyclic) bond motifs is 1. The minimum absolute atomic E-state index is 0.0111. The number of nitro groups is 1. The van der Waals surface area contributed by atoms with E-state index in [0.717, 1.165) is 0 Å². The molecule has 1 aromatic heterocycles.